The van der Waals surface area contributed by atoms with Gasteiger partial charge in [0.15, 0.2) is 5.78 Å². The van der Waals surface area contributed by atoms with Gasteiger partial charge in [0.2, 0.25) is 0 Å². The summed E-state index contributed by atoms with van der Waals surface area (Å²) in [6.45, 7) is 1.52. The van der Waals surface area contributed by atoms with Crippen LogP contribution >= 0.6 is 0 Å². The first-order valence-corrected chi connectivity index (χ1v) is 6.80. The molecular weight excluding hydrogens is 260 g/mol. The number of rotatable bonds is 3. The number of carbonyl (C=O) groups excluding carboxylic acids is 1. The molecule has 104 valence electrons. The zero-order valence-electron chi connectivity index (χ0n) is 11.8. The molecule has 0 spiro atoms. The van der Waals surface area contributed by atoms with Crippen LogP contribution in [0.4, 0.5) is 17.1 Å². The lowest BCUT2D eigenvalue weighted by molar-refractivity contribution is 0.101. The molecule has 3 aromatic rings. The highest BCUT2D eigenvalue weighted by Crippen LogP contribution is 2.24. The Labute approximate surface area is 123 Å². The van der Waals surface area contributed by atoms with Gasteiger partial charge in [0, 0.05) is 22.6 Å². The van der Waals surface area contributed by atoms with Gasteiger partial charge in [0.05, 0.1) is 0 Å². The van der Waals surface area contributed by atoms with Crippen molar-refractivity contribution in [1.29, 1.82) is 0 Å². The normalized spacial score (nSPS) is 10.5. The Morgan fingerprint density at radius 1 is 0.905 bits per heavy atom. The molecule has 0 aromatic heterocycles. The first-order chi connectivity index (χ1) is 10.1. The number of benzene rings is 3. The van der Waals surface area contributed by atoms with E-state index in [1.807, 2.05) is 24.3 Å². The first kappa shape index (κ1) is 13.2. The molecule has 0 heterocycles. The van der Waals surface area contributed by atoms with E-state index in [2.05, 4.69) is 29.6 Å². The van der Waals surface area contributed by atoms with Gasteiger partial charge in [-0.1, -0.05) is 30.3 Å². The minimum absolute atomic E-state index is 0.0327. The van der Waals surface area contributed by atoms with Gasteiger partial charge in [-0.05, 0) is 48.0 Å². The number of carbonyl (C=O) groups is 1. The quantitative estimate of drug-likeness (QED) is 0.551. The molecule has 0 saturated carbocycles. The molecule has 0 atom stereocenters. The van der Waals surface area contributed by atoms with Gasteiger partial charge in [-0.15, -0.1) is 0 Å². The molecule has 3 N–H and O–H groups in total. The van der Waals surface area contributed by atoms with Crippen LogP contribution in [0.5, 0.6) is 0 Å². The third-order valence-corrected chi connectivity index (χ3v) is 3.47. The lowest BCUT2D eigenvalue weighted by Gasteiger charge is -2.10. The average Bonchev–Trinajstić information content (AvgIpc) is 2.49. The minimum atomic E-state index is -0.0327. The second-order valence-corrected chi connectivity index (χ2v) is 5.05. The largest absolute Gasteiger partial charge is 0.398 e. The van der Waals surface area contributed by atoms with E-state index in [-0.39, 0.29) is 5.78 Å². The zero-order chi connectivity index (χ0) is 14.8. The van der Waals surface area contributed by atoms with Gasteiger partial charge in [-0.25, -0.2) is 0 Å². The third-order valence-electron chi connectivity index (χ3n) is 3.47. The summed E-state index contributed by atoms with van der Waals surface area (Å²) >= 11 is 0. The number of ketones is 1. The zero-order valence-corrected chi connectivity index (χ0v) is 11.8. The van der Waals surface area contributed by atoms with Crippen LogP contribution in [0.15, 0.2) is 60.7 Å². The Morgan fingerprint density at radius 2 is 1.57 bits per heavy atom. The second kappa shape index (κ2) is 5.29. The van der Waals surface area contributed by atoms with Crippen LogP contribution in [0.3, 0.4) is 0 Å². The second-order valence-electron chi connectivity index (χ2n) is 5.05. The van der Waals surface area contributed by atoms with E-state index in [0.717, 1.165) is 11.4 Å². The van der Waals surface area contributed by atoms with Gasteiger partial charge in [-0.3, -0.25) is 4.79 Å². The standard InChI is InChI=1S/C18H16N2O/c1-12(21)17-11-16(8-9-18(17)19)20-15-7-6-13-4-2-3-5-14(13)10-15/h2-11,20H,19H2,1H3. The SMILES string of the molecule is CC(=O)c1cc(Nc2ccc3ccccc3c2)ccc1N. The number of fused-ring (bicyclic) bond motifs is 1. The molecule has 21 heavy (non-hydrogen) atoms. The lowest BCUT2D eigenvalue weighted by atomic mass is 10.1. The minimum Gasteiger partial charge on any atom is -0.398 e. The van der Waals surface area contributed by atoms with Crippen LogP contribution in [-0.2, 0) is 0 Å². The number of hydrogen-bond acceptors (Lipinski definition) is 3. The highest BCUT2D eigenvalue weighted by molar-refractivity contribution is 6.00. The predicted molar refractivity (Wildman–Crippen MR) is 88.1 cm³/mol. The van der Waals surface area contributed by atoms with Gasteiger partial charge in [0.1, 0.15) is 0 Å². The molecule has 0 aliphatic carbocycles. The summed E-state index contributed by atoms with van der Waals surface area (Å²) in [5.74, 6) is -0.0327. The Balaban J connectivity index is 1.94. The van der Waals surface area contributed by atoms with Crippen molar-refractivity contribution in [2.75, 3.05) is 11.1 Å². The number of anilines is 3. The number of nitrogen functional groups attached to an aromatic ring is 1. The number of hydrogen-bond donors (Lipinski definition) is 2. The molecule has 0 aliphatic heterocycles. The van der Waals surface area contributed by atoms with E-state index in [1.54, 1.807) is 12.1 Å². The Kier molecular flexibility index (Phi) is 3.32. The summed E-state index contributed by atoms with van der Waals surface area (Å²) in [7, 11) is 0. The summed E-state index contributed by atoms with van der Waals surface area (Å²) in [4.78, 5) is 11.5. The molecule has 0 radical (unpaired) electrons. The summed E-state index contributed by atoms with van der Waals surface area (Å²) in [6.07, 6.45) is 0. The maximum atomic E-state index is 11.5. The molecule has 3 aromatic carbocycles. The van der Waals surface area contributed by atoms with E-state index in [4.69, 9.17) is 5.73 Å². The predicted octanol–water partition coefficient (Wildman–Crippen LogP) is 4.37. The highest BCUT2D eigenvalue weighted by Gasteiger charge is 2.06. The Hall–Kier alpha value is -2.81. The third kappa shape index (κ3) is 2.72. The average molecular weight is 276 g/mol. The monoisotopic (exact) mass is 276 g/mol. The van der Waals surface area contributed by atoms with Gasteiger partial charge in [-0.2, -0.15) is 0 Å². The molecule has 0 unspecified atom stereocenters. The molecule has 0 saturated heterocycles. The highest BCUT2D eigenvalue weighted by atomic mass is 16.1. The van der Waals surface area contributed by atoms with Crippen molar-refractivity contribution < 1.29 is 4.79 Å². The summed E-state index contributed by atoms with van der Waals surface area (Å²) in [5, 5.41) is 5.68. The topological polar surface area (TPSA) is 55.1 Å². The van der Waals surface area contributed by atoms with Crippen molar-refractivity contribution in [3.05, 3.63) is 66.2 Å². The van der Waals surface area contributed by atoms with E-state index >= 15 is 0 Å². The first-order valence-electron chi connectivity index (χ1n) is 6.80. The number of Topliss-reactive ketones (excluding diaryl/α,β-unsaturated/α-hetero) is 1. The maximum absolute atomic E-state index is 11.5. The van der Waals surface area contributed by atoms with Crippen LogP contribution in [0.25, 0.3) is 10.8 Å². The van der Waals surface area contributed by atoms with E-state index < -0.39 is 0 Å². The van der Waals surface area contributed by atoms with E-state index in [0.29, 0.717) is 11.3 Å². The van der Waals surface area contributed by atoms with E-state index in [1.165, 1.54) is 17.7 Å². The van der Waals surface area contributed by atoms with Crippen molar-refractivity contribution in [1.82, 2.24) is 0 Å². The molecule has 0 aliphatic rings. The van der Waals surface area contributed by atoms with Crippen LogP contribution in [0, 0.1) is 0 Å². The van der Waals surface area contributed by atoms with Crippen LogP contribution in [0.2, 0.25) is 0 Å². The van der Waals surface area contributed by atoms with Crippen LogP contribution in [-0.4, -0.2) is 5.78 Å². The Bertz CT molecular complexity index is 824. The van der Waals surface area contributed by atoms with Crippen molar-refractivity contribution in [2.45, 2.75) is 6.92 Å². The fourth-order valence-corrected chi connectivity index (χ4v) is 2.37. The number of nitrogens with one attached hydrogen (secondary N) is 1. The van der Waals surface area contributed by atoms with E-state index in [9.17, 15) is 4.79 Å². The van der Waals surface area contributed by atoms with Crippen molar-refractivity contribution >= 4 is 33.6 Å². The fraction of sp³-hybridized carbons (Fsp3) is 0.0556. The van der Waals surface area contributed by atoms with Crippen LogP contribution < -0.4 is 11.1 Å². The van der Waals surface area contributed by atoms with Crippen molar-refractivity contribution in [2.24, 2.45) is 0 Å². The molecular formula is C18H16N2O. The van der Waals surface area contributed by atoms with Gasteiger partial charge in [0.25, 0.3) is 0 Å². The molecule has 0 bridgehead atoms. The molecule has 3 heteroatoms. The molecule has 0 amide bonds. The molecule has 3 nitrogen and oxygen atoms in total. The number of nitrogens with two attached hydrogens (primary N) is 1. The summed E-state index contributed by atoms with van der Waals surface area (Å²) < 4.78 is 0. The molecule has 0 fully saturated rings. The summed E-state index contributed by atoms with van der Waals surface area (Å²) in [6, 6.07) is 19.8. The molecule has 3 rings (SSSR count). The van der Waals surface area contributed by atoms with Gasteiger partial charge >= 0.3 is 0 Å². The van der Waals surface area contributed by atoms with Crippen molar-refractivity contribution in [3.63, 3.8) is 0 Å². The lowest BCUT2D eigenvalue weighted by Crippen LogP contribution is -2.01. The fourth-order valence-electron chi connectivity index (χ4n) is 2.37. The maximum Gasteiger partial charge on any atom is 0.161 e. The van der Waals surface area contributed by atoms with Crippen LogP contribution in [0.1, 0.15) is 17.3 Å². The van der Waals surface area contributed by atoms with Gasteiger partial charge < -0.3 is 11.1 Å². The smallest absolute Gasteiger partial charge is 0.161 e. The van der Waals surface area contributed by atoms with Crippen molar-refractivity contribution in [3.8, 4) is 0 Å². The Morgan fingerprint density at radius 3 is 2.33 bits per heavy atom. The summed E-state index contributed by atoms with van der Waals surface area (Å²) in [5.41, 5.74) is 8.69.